The molecule has 0 atom stereocenters. The summed E-state index contributed by atoms with van der Waals surface area (Å²) >= 11 is 1.27. The van der Waals surface area contributed by atoms with Crippen LogP contribution in [0, 0.1) is 11.3 Å². The van der Waals surface area contributed by atoms with E-state index in [0.29, 0.717) is 18.2 Å². The maximum atomic E-state index is 11.9. The lowest BCUT2D eigenvalue weighted by Crippen LogP contribution is -2.36. The fourth-order valence-corrected chi connectivity index (χ4v) is 6.05. The number of phenolic OH excluding ortho intramolecular Hbond substituents is 1. The number of alkyl carbamates (subject to hydrolysis) is 1. The van der Waals surface area contributed by atoms with E-state index in [2.05, 4.69) is 62.8 Å². The van der Waals surface area contributed by atoms with Gasteiger partial charge in [0.2, 0.25) is 5.03 Å². The van der Waals surface area contributed by atoms with E-state index in [0.717, 1.165) is 50.0 Å². The van der Waals surface area contributed by atoms with Crippen LogP contribution in [0.4, 0.5) is 10.5 Å². The Hall–Kier alpha value is -2.06. The molecule has 1 saturated heterocycles. The highest BCUT2D eigenvalue weighted by Crippen LogP contribution is 2.42. The normalized spacial score (nSPS) is 15.5. The van der Waals surface area contributed by atoms with E-state index >= 15 is 0 Å². The summed E-state index contributed by atoms with van der Waals surface area (Å²) in [6, 6.07) is 3.95. The lowest BCUT2D eigenvalue weighted by Gasteiger charge is -2.34. The van der Waals surface area contributed by atoms with Gasteiger partial charge < -0.3 is 30.5 Å². The van der Waals surface area contributed by atoms with Crippen LogP contribution in [0.3, 0.4) is 0 Å². The standard InChI is InChI=1S/C29H47N3O3S.H2O/c1-27(2,3)18-21-20-10-11-22(33)24(23(20)31-25(21)36-29(7,8)9)32-16-13-19(14-17-32)12-15-30-26(34)35-28(4,5)6;/h10-11,19,31,33H,12-18H2,1-9H3,(H,30,34);1H2. The molecule has 1 fully saturated rings. The molecule has 1 aliphatic rings. The average molecular weight is 536 g/mol. The number of aromatic hydroxyl groups is 1. The molecule has 0 saturated carbocycles. The molecular formula is C29H49N3O4S. The minimum Gasteiger partial charge on any atom is -0.870 e. The third kappa shape index (κ3) is 9.02. The van der Waals surface area contributed by atoms with Crippen molar-refractivity contribution in [3.05, 3.63) is 17.7 Å². The number of hydrogen-bond donors (Lipinski definition) is 3. The molecule has 0 spiro atoms. The van der Waals surface area contributed by atoms with Crippen LogP contribution in [0.25, 0.3) is 10.9 Å². The van der Waals surface area contributed by atoms with Crippen molar-refractivity contribution in [3.63, 3.8) is 0 Å². The van der Waals surface area contributed by atoms with Crippen LogP contribution in [0.5, 0.6) is 5.75 Å². The molecule has 1 amide bonds. The Balaban J connectivity index is 0.00000481. The number of aromatic amines is 1. The molecule has 0 unspecified atom stereocenters. The number of phenols is 1. The third-order valence-electron chi connectivity index (χ3n) is 6.32. The maximum Gasteiger partial charge on any atom is 0.407 e. The van der Waals surface area contributed by atoms with Gasteiger partial charge in [-0.2, -0.15) is 0 Å². The summed E-state index contributed by atoms with van der Waals surface area (Å²) in [4.78, 5) is 18.0. The molecule has 0 bridgehead atoms. The quantitative estimate of drug-likeness (QED) is 0.293. The molecule has 8 heteroatoms. The Morgan fingerprint density at radius 1 is 1.11 bits per heavy atom. The molecular weight excluding hydrogens is 486 g/mol. The van der Waals surface area contributed by atoms with Crippen molar-refractivity contribution in [1.82, 2.24) is 10.3 Å². The van der Waals surface area contributed by atoms with Crippen molar-refractivity contribution in [2.45, 2.75) is 103 Å². The lowest BCUT2D eigenvalue weighted by molar-refractivity contribution is 0.0524. The highest BCUT2D eigenvalue weighted by molar-refractivity contribution is 7.80. The number of thiol groups is 1. The molecule has 210 valence electrons. The number of carbonyl (C=O) groups excluding carboxylic acids is 1. The number of nitrogens with one attached hydrogen (secondary N) is 2. The number of H-pyrrole nitrogens is 1. The Bertz CT molecular complexity index is 1050. The van der Waals surface area contributed by atoms with E-state index < -0.39 is 5.60 Å². The molecule has 4 N–H and O–H groups in total. The molecule has 2 aromatic rings. The second-order valence-electron chi connectivity index (χ2n) is 13.5. The van der Waals surface area contributed by atoms with Crippen LogP contribution < -0.4 is 10.2 Å². The number of amides is 1. The highest BCUT2D eigenvalue weighted by Gasteiger charge is 2.31. The first-order valence-corrected chi connectivity index (χ1v) is 14.2. The number of anilines is 1. The van der Waals surface area contributed by atoms with Gasteiger partial charge in [-0.3, -0.25) is 0 Å². The number of ether oxygens (including phenoxy) is 1. The molecule has 1 aromatic heterocycles. The summed E-state index contributed by atoms with van der Waals surface area (Å²) in [6.45, 7) is 21.7. The zero-order valence-electron chi connectivity index (χ0n) is 24.3. The van der Waals surface area contributed by atoms with Gasteiger partial charge >= 0.3 is 6.09 Å². The molecule has 37 heavy (non-hydrogen) atoms. The van der Waals surface area contributed by atoms with Crippen molar-refractivity contribution in [1.29, 1.82) is 0 Å². The first kappa shape index (κ1) is 31.2. The van der Waals surface area contributed by atoms with Crippen LogP contribution in [-0.2, 0) is 22.9 Å². The predicted molar refractivity (Wildman–Crippen MR) is 156 cm³/mol. The van der Waals surface area contributed by atoms with Crippen molar-refractivity contribution in [2.24, 2.45) is 11.3 Å². The van der Waals surface area contributed by atoms with Gasteiger partial charge in [0.15, 0.2) is 0 Å². The van der Waals surface area contributed by atoms with E-state index in [1.807, 2.05) is 26.8 Å². The first-order chi connectivity index (χ1) is 16.5. The number of rotatable bonds is 6. The van der Waals surface area contributed by atoms with Gasteiger partial charge in [-0.25, -0.2) is 4.79 Å². The van der Waals surface area contributed by atoms with Gasteiger partial charge in [0.1, 0.15) is 21.8 Å². The summed E-state index contributed by atoms with van der Waals surface area (Å²) in [5, 5.41) is 16.3. The number of aromatic nitrogens is 1. The van der Waals surface area contributed by atoms with Crippen molar-refractivity contribution in [2.75, 3.05) is 24.5 Å². The molecule has 3 rings (SSSR count). The smallest absolute Gasteiger partial charge is 0.407 e. The number of fused-ring (bicyclic) bond motifs is 1. The second-order valence-corrected chi connectivity index (χ2v) is 15.5. The summed E-state index contributed by atoms with van der Waals surface area (Å²) in [6.07, 6.45) is 3.65. The van der Waals surface area contributed by atoms with Gasteiger partial charge in [-0.1, -0.05) is 20.8 Å². The Morgan fingerprint density at radius 3 is 2.27 bits per heavy atom. The summed E-state index contributed by atoms with van der Waals surface area (Å²) in [7, 11) is 0. The Kier molecular flexibility index (Phi) is 9.91. The van der Waals surface area contributed by atoms with Gasteiger partial charge in [-0.05, 0) is 90.7 Å². The number of hydrogen-bond acceptors (Lipinski definition) is 5. The van der Waals surface area contributed by atoms with Crippen LogP contribution in [0.2, 0.25) is 0 Å². The van der Waals surface area contributed by atoms with Gasteiger partial charge in [0.25, 0.3) is 0 Å². The van der Waals surface area contributed by atoms with Gasteiger partial charge in [-0.15, -0.1) is 0 Å². The Morgan fingerprint density at radius 2 is 1.73 bits per heavy atom. The monoisotopic (exact) mass is 535 g/mol. The zero-order chi connectivity index (χ0) is 26.9. The second kappa shape index (κ2) is 11.8. The van der Waals surface area contributed by atoms with Crippen molar-refractivity contribution in [3.8, 4) is 5.75 Å². The van der Waals surface area contributed by atoms with E-state index in [1.54, 1.807) is 0 Å². The maximum absolute atomic E-state index is 11.9. The molecule has 1 aliphatic heterocycles. The number of carbonyl (C=O) groups is 1. The minimum absolute atomic E-state index is 0. The fraction of sp³-hybridized carbons (Fsp3) is 0.690. The number of nitrogens with zero attached hydrogens (tertiary/aromatic N) is 1. The van der Waals surface area contributed by atoms with Crippen LogP contribution in [0.1, 0.15) is 87.1 Å². The summed E-state index contributed by atoms with van der Waals surface area (Å²) in [5.74, 6) is 0.891. The van der Waals surface area contributed by atoms with Crippen LogP contribution in [0.15, 0.2) is 17.2 Å². The van der Waals surface area contributed by atoms with E-state index in [-0.39, 0.29) is 21.7 Å². The van der Waals surface area contributed by atoms with Crippen LogP contribution >= 0.6 is 0 Å². The van der Waals surface area contributed by atoms with E-state index in [9.17, 15) is 9.90 Å². The highest BCUT2D eigenvalue weighted by atomic mass is 32.2. The van der Waals surface area contributed by atoms with Crippen molar-refractivity contribution >= 4 is 34.4 Å². The van der Waals surface area contributed by atoms with Gasteiger partial charge in [0, 0.05) is 42.3 Å². The SMILES string of the molecule is CC(C)(C)Cc1c([SH+]C(C)(C)C)[nH]c2c(N3CCC(CCNC(=O)OC(C)(C)C)CC3)c(O)ccc12.[OH-]. The summed E-state index contributed by atoms with van der Waals surface area (Å²) < 4.78 is 5.48. The summed E-state index contributed by atoms with van der Waals surface area (Å²) in [5.41, 5.74) is 3.06. The average Bonchev–Trinajstić information content (AvgIpc) is 3.01. The predicted octanol–water partition coefficient (Wildman–Crippen LogP) is 6.39. The number of piperidine rings is 1. The Labute approximate surface area is 227 Å². The fourth-order valence-electron chi connectivity index (χ4n) is 4.88. The molecule has 0 aliphatic carbocycles. The lowest BCUT2D eigenvalue weighted by atomic mass is 9.88. The van der Waals surface area contributed by atoms with Crippen molar-refractivity contribution < 1.29 is 20.1 Å². The van der Waals surface area contributed by atoms with Crippen LogP contribution in [-0.4, -0.2) is 51.6 Å². The largest absolute Gasteiger partial charge is 0.870 e. The zero-order valence-corrected chi connectivity index (χ0v) is 25.2. The minimum atomic E-state index is -0.477. The first-order valence-electron chi connectivity index (χ1n) is 13.3. The topological polar surface area (TPSA) is 108 Å². The molecule has 7 nitrogen and oxygen atoms in total. The van der Waals surface area contributed by atoms with E-state index in [4.69, 9.17) is 4.74 Å². The number of benzene rings is 1. The molecule has 1 aromatic carbocycles. The van der Waals surface area contributed by atoms with E-state index in [1.165, 1.54) is 27.7 Å². The molecule has 0 radical (unpaired) electrons. The molecule has 2 heterocycles. The van der Waals surface area contributed by atoms with Gasteiger partial charge in [0.05, 0.1) is 5.52 Å². The third-order valence-corrected chi connectivity index (χ3v) is 7.59.